The van der Waals surface area contributed by atoms with Crippen molar-refractivity contribution in [2.75, 3.05) is 18.8 Å². The molecule has 0 spiro atoms. The van der Waals surface area contributed by atoms with E-state index in [1.54, 1.807) is 18.2 Å². The van der Waals surface area contributed by atoms with Gasteiger partial charge in [0.1, 0.15) is 5.75 Å². The lowest BCUT2D eigenvalue weighted by Crippen LogP contribution is -2.25. The lowest BCUT2D eigenvalue weighted by atomic mass is 10.2. The fraction of sp³-hybridized carbons (Fsp3) is 0.294. The molecule has 1 amide bonds. The first-order valence-electron chi connectivity index (χ1n) is 9.00. The third-order valence-electron chi connectivity index (χ3n) is 4.55. The molecule has 0 bridgehead atoms. The van der Waals surface area contributed by atoms with E-state index < -0.39 is 5.91 Å². The van der Waals surface area contributed by atoms with Gasteiger partial charge < -0.3 is 10.8 Å². The average Bonchev–Trinajstić information content (AvgIpc) is 3.45. The number of phenolic OH excluding ortho intramolecular Hbond substituents is 1. The number of phenols is 1. The van der Waals surface area contributed by atoms with Crippen LogP contribution in [-0.2, 0) is 6.54 Å². The third-order valence-corrected chi connectivity index (χ3v) is 4.55. The second-order valence-corrected chi connectivity index (χ2v) is 6.51. The summed E-state index contributed by atoms with van der Waals surface area (Å²) >= 11 is 0. The van der Waals surface area contributed by atoms with Crippen LogP contribution in [0.2, 0.25) is 0 Å². The summed E-state index contributed by atoms with van der Waals surface area (Å²) in [5, 5.41) is 28.9. The number of benzene rings is 1. The average molecular weight is 397 g/mol. The molecule has 1 saturated heterocycles. The van der Waals surface area contributed by atoms with Gasteiger partial charge in [-0.15, -0.1) is 5.10 Å². The Morgan fingerprint density at radius 2 is 2.10 bits per heavy atom. The molecule has 4 N–H and O–H groups in total. The van der Waals surface area contributed by atoms with Gasteiger partial charge in [0.15, 0.2) is 5.69 Å². The van der Waals surface area contributed by atoms with Crippen molar-refractivity contribution in [2.45, 2.75) is 19.4 Å². The number of para-hydroxylation sites is 1. The zero-order valence-corrected chi connectivity index (χ0v) is 15.4. The number of hydrogen-bond acceptors (Lipinski definition) is 10. The number of aromatic nitrogens is 5. The van der Waals surface area contributed by atoms with Crippen molar-refractivity contribution >= 4 is 17.9 Å². The molecular weight excluding hydrogens is 378 g/mol. The normalized spacial score (nSPS) is 14.6. The molecule has 12 heteroatoms. The molecule has 29 heavy (non-hydrogen) atoms. The monoisotopic (exact) mass is 397 g/mol. The Morgan fingerprint density at radius 1 is 1.31 bits per heavy atom. The number of carbonyl (C=O) groups is 1. The van der Waals surface area contributed by atoms with E-state index in [-0.39, 0.29) is 23.1 Å². The Bertz CT molecular complexity index is 1040. The third kappa shape index (κ3) is 3.91. The van der Waals surface area contributed by atoms with Gasteiger partial charge in [-0.25, -0.2) is 10.1 Å². The zero-order chi connectivity index (χ0) is 20.2. The molecular formula is C17H19N9O3. The van der Waals surface area contributed by atoms with Crippen LogP contribution in [-0.4, -0.2) is 60.5 Å². The molecule has 0 atom stereocenters. The van der Waals surface area contributed by atoms with Crippen LogP contribution in [0.15, 0.2) is 34.0 Å². The Hall–Kier alpha value is -3.80. The van der Waals surface area contributed by atoms with Gasteiger partial charge in [-0.05, 0) is 48.4 Å². The molecule has 0 radical (unpaired) electrons. The van der Waals surface area contributed by atoms with Crippen molar-refractivity contribution in [3.63, 3.8) is 0 Å². The van der Waals surface area contributed by atoms with Gasteiger partial charge in [-0.2, -0.15) is 9.78 Å². The number of nitrogens with two attached hydrogens (primary N) is 1. The second kappa shape index (κ2) is 8.06. The van der Waals surface area contributed by atoms with Gasteiger partial charge in [0.2, 0.25) is 11.6 Å². The summed E-state index contributed by atoms with van der Waals surface area (Å²) in [4.78, 5) is 14.9. The highest BCUT2D eigenvalue weighted by molar-refractivity contribution is 5.94. The van der Waals surface area contributed by atoms with E-state index in [0.717, 1.165) is 25.9 Å². The molecule has 12 nitrogen and oxygen atoms in total. The highest BCUT2D eigenvalue weighted by Crippen LogP contribution is 2.20. The summed E-state index contributed by atoms with van der Waals surface area (Å²) in [6.07, 6.45) is 3.51. The summed E-state index contributed by atoms with van der Waals surface area (Å²) in [6, 6.07) is 6.64. The van der Waals surface area contributed by atoms with Gasteiger partial charge >= 0.3 is 0 Å². The van der Waals surface area contributed by atoms with Crippen molar-refractivity contribution in [2.24, 2.45) is 5.10 Å². The van der Waals surface area contributed by atoms with Gasteiger partial charge in [-0.1, -0.05) is 17.3 Å². The van der Waals surface area contributed by atoms with Crippen molar-refractivity contribution in [3.8, 4) is 11.6 Å². The maximum atomic E-state index is 12.7. The minimum atomic E-state index is -0.549. The van der Waals surface area contributed by atoms with E-state index in [0.29, 0.717) is 17.8 Å². The summed E-state index contributed by atoms with van der Waals surface area (Å²) < 4.78 is 6.00. The number of hydrazone groups is 1. The predicted octanol–water partition coefficient (Wildman–Crippen LogP) is 0.298. The lowest BCUT2D eigenvalue weighted by molar-refractivity contribution is 0.0948. The van der Waals surface area contributed by atoms with E-state index in [2.05, 4.69) is 40.7 Å². The second-order valence-electron chi connectivity index (χ2n) is 6.51. The van der Waals surface area contributed by atoms with Crippen molar-refractivity contribution in [1.82, 2.24) is 35.6 Å². The van der Waals surface area contributed by atoms with Crippen molar-refractivity contribution < 1.29 is 14.5 Å². The molecule has 1 aliphatic heterocycles. The van der Waals surface area contributed by atoms with Gasteiger partial charge in [0.25, 0.3) is 5.91 Å². The lowest BCUT2D eigenvalue weighted by Gasteiger charge is -2.15. The van der Waals surface area contributed by atoms with Crippen molar-refractivity contribution in [3.05, 3.63) is 41.2 Å². The number of hydrogen-bond donors (Lipinski definition) is 3. The molecule has 150 valence electrons. The highest BCUT2D eigenvalue weighted by atomic mass is 16.6. The number of nitrogens with one attached hydrogen (secondary N) is 1. The van der Waals surface area contributed by atoms with Crippen LogP contribution in [0.1, 0.15) is 34.6 Å². The van der Waals surface area contributed by atoms with Crippen molar-refractivity contribution in [1.29, 1.82) is 0 Å². The van der Waals surface area contributed by atoms with Crippen LogP contribution in [0.25, 0.3) is 5.82 Å². The molecule has 2 aromatic heterocycles. The van der Waals surface area contributed by atoms with Crippen LogP contribution in [0, 0.1) is 0 Å². The van der Waals surface area contributed by atoms with E-state index in [4.69, 9.17) is 5.73 Å². The summed E-state index contributed by atoms with van der Waals surface area (Å²) in [5.74, 6) is -0.280. The molecule has 3 aromatic rings. The topological polar surface area (TPSA) is 161 Å². The standard InChI is InChI=1S/C17H19N9O3/c18-15-16(23-29-22-15)26-12(10-25-7-3-4-8-25)14(20-24-26)17(28)21-19-9-11-5-1-2-6-13(11)27/h1-2,5-6,9,27H,3-4,7-8,10H2,(H2,18,22)(H,21,28). The molecule has 0 unspecified atom stereocenters. The molecule has 4 rings (SSSR count). The maximum Gasteiger partial charge on any atom is 0.293 e. The molecule has 0 aliphatic carbocycles. The number of rotatable bonds is 6. The number of nitrogen functional groups attached to an aromatic ring is 1. The fourth-order valence-electron chi connectivity index (χ4n) is 3.09. The first-order chi connectivity index (χ1) is 14.1. The molecule has 1 aliphatic rings. The summed E-state index contributed by atoms with van der Waals surface area (Å²) in [7, 11) is 0. The van der Waals surface area contributed by atoms with E-state index in [9.17, 15) is 9.90 Å². The largest absolute Gasteiger partial charge is 0.507 e. The minimum absolute atomic E-state index is 0.0436. The van der Waals surface area contributed by atoms with Gasteiger partial charge in [0, 0.05) is 12.1 Å². The highest BCUT2D eigenvalue weighted by Gasteiger charge is 2.26. The molecule has 1 aromatic carbocycles. The Balaban J connectivity index is 1.58. The summed E-state index contributed by atoms with van der Waals surface area (Å²) in [6.45, 7) is 2.25. The van der Waals surface area contributed by atoms with Crippen LogP contribution < -0.4 is 11.2 Å². The summed E-state index contributed by atoms with van der Waals surface area (Å²) in [5.41, 5.74) is 9.25. The maximum absolute atomic E-state index is 12.7. The van der Waals surface area contributed by atoms with Crippen LogP contribution >= 0.6 is 0 Å². The Morgan fingerprint density at radius 3 is 2.83 bits per heavy atom. The predicted molar refractivity (Wildman–Crippen MR) is 101 cm³/mol. The number of amides is 1. The first kappa shape index (κ1) is 18.6. The number of anilines is 1. The van der Waals surface area contributed by atoms with Crippen LogP contribution in [0.4, 0.5) is 5.82 Å². The first-order valence-corrected chi connectivity index (χ1v) is 9.00. The molecule has 0 saturated carbocycles. The van der Waals surface area contributed by atoms with Crippen LogP contribution in [0.5, 0.6) is 5.75 Å². The Kier molecular flexibility index (Phi) is 5.16. The SMILES string of the molecule is Nc1nonc1-n1nnc(C(=O)NN=Cc2ccccc2O)c1CN1CCCC1. The zero-order valence-electron chi connectivity index (χ0n) is 15.4. The number of aromatic hydroxyl groups is 1. The van der Waals surface area contributed by atoms with Gasteiger partial charge in [0.05, 0.1) is 11.9 Å². The number of likely N-dealkylation sites (tertiary alicyclic amines) is 1. The fourth-order valence-corrected chi connectivity index (χ4v) is 3.09. The van der Waals surface area contributed by atoms with E-state index >= 15 is 0 Å². The van der Waals surface area contributed by atoms with Gasteiger partial charge in [-0.3, -0.25) is 9.69 Å². The Labute approximate surface area is 164 Å². The van der Waals surface area contributed by atoms with Crippen LogP contribution in [0.3, 0.4) is 0 Å². The van der Waals surface area contributed by atoms with E-state index in [1.165, 1.54) is 17.0 Å². The quantitative estimate of drug-likeness (QED) is 0.392. The van der Waals surface area contributed by atoms with E-state index in [1.807, 2.05) is 0 Å². The smallest absolute Gasteiger partial charge is 0.293 e. The number of carbonyl (C=O) groups excluding carboxylic acids is 1. The molecule has 1 fully saturated rings. The molecule has 3 heterocycles. The number of nitrogens with zero attached hydrogens (tertiary/aromatic N) is 7. The minimum Gasteiger partial charge on any atom is -0.507 e.